The van der Waals surface area contributed by atoms with Crippen molar-refractivity contribution in [2.75, 3.05) is 19.7 Å². The molecule has 0 radical (unpaired) electrons. The van der Waals surface area contributed by atoms with Crippen molar-refractivity contribution in [1.82, 2.24) is 41.7 Å². The van der Waals surface area contributed by atoms with Crippen molar-refractivity contribution >= 4 is 53.0 Å². The van der Waals surface area contributed by atoms with Crippen LogP contribution in [0.1, 0.15) is 87.0 Å². The SMILES string of the molecule is CCC(=O)CC[C@@H]1NC(=O)[C@H](Cc2ccccc2)NC(=O)C[C@H](Cc2ccccc2)NC(=O)[C@@H]2CCCN2C1=O.O=C1C[C@H](Cc2ccccc2)NC(=O)[C@@H]2CCCN2C(=O)[C@H](CO)NC(=O)[C@H](Cc2ccccc2)N1. The molecule has 4 aromatic carbocycles. The Kier molecular flexibility index (Phi) is 20.4. The number of nitrogens with zero attached hydrogens (tertiary/aromatic N) is 2. The van der Waals surface area contributed by atoms with Gasteiger partial charge < -0.3 is 46.8 Å². The molecule has 4 saturated heterocycles. The van der Waals surface area contributed by atoms with Crippen LogP contribution in [0.25, 0.3) is 0 Å². The first-order valence-corrected chi connectivity index (χ1v) is 26.5. The lowest BCUT2D eigenvalue weighted by Crippen LogP contribution is -2.57. The minimum Gasteiger partial charge on any atom is -0.394 e. The standard InChI is InChI=1S/C31H38N4O5.C27H32N4O5/c1-2-24(36)15-16-25-31(40)35-17-9-14-27(35)30(39)32-23(18-21-10-5-3-6-11-21)20-28(37)33-26(29(38)34-25)19-22-12-7-4-8-13-22;32-17-22-27(36)31-13-7-12-23(31)26(35)28-20(14-18-8-3-1-4-9-18)16-24(33)29-21(25(34)30-22)15-19-10-5-2-6-11-19/h3-8,10-13,23,25-27H,2,9,14-20H2,1H3,(H,32,39)(H,33,37)(H,34,38);1-6,8-11,20-23,32H,7,12-17H2,(H,28,35)(H,29,33)(H,30,34)/t23-,25-,26-,27-;20-,21-,22-,23-/m00/s1. The molecule has 4 fully saturated rings. The molecule has 0 unspecified atom stereocenters. The van der Waals surface area contributed by atoms with Crippen LogP contribution in [0.4, 0.5) is 0 Å². The van der Waals surface area contributed by atoms with E-state index in [0.29, 0.717) is 58.0 Å². The number of amides is 8. The highest BCUT2D eigenvalue weighted by Crippen LogP contribution is 2.23. The van der Waals surface area contributed by atoms with Crippen LogP contribution in [0.15, 0.2) is 121 Å². The van der Waals surface area contributed by atoms with E-state index in [1.54, 1.807) is 6.92 Å². The number of hydrogen-bond donors (Lipinski definition) is 7. The summed E-state index contributed by atoms with van der Waals surface area (Å²) < 4.78 is 0. The van der Waals surface area contributed by atoms with Crippen LogP contribution in [-0.4, -0.2) is 136 Å². The second-order valence-electron chi connectivity index (χ2n) is 19.9. The molecule has 4 aliphatic heterocycles. The van der Waals surface area contributed by atoms with E-state index in [9.17, 15) is 48.3 Å². The quantitative estimate of drug-likeness (QED) is 0.103. The molecule has 4 aliphatic rings. The molecular formula is C58H70N8O10. The highest BCUT2D eigenvalue weighted by Gasteiger charge is 2.41. The van der Waals surface area contributed by atoms with Gasteiger partial charge in [0.2, 0.25) is 47.3 Å². The summed E-state index contributed by atoms with van der Waals surface area (Å²) in [4.78, 5) is 122. The first-order chi connectivity index (χ1) is 36.8. The first kappa shape index (κ1) is 56.0. The Bertz CT molecular complexity index is 2640. The third-order valence-electron chi connectivity index (χ3n) is 14.3. The number of carbonyl (C=O) groups is 9. The van der Waals surface area contributed by atoms with E-state index in [1.165, 1.54) is 9.80 Å². The van der Waals surface area contributed by atoms with Crippen molar-refractivity contribution in [1.29, 1.82) is 0 Å². The molecule has 8 atom stereocenters. The average molecular weight is 1040 g/mol. The number of ketones is 1. The minimum absolute atomic E-state index is 0.0152. The minimum atomic E-state index is -1.21. The summed E-state index contributed by atoms with van der Waals surface area (Å²) in [6.07, 6.45) is 4.11. The Balaban J connectivity index is 0.000000222. The number of aliphatic hydroxyl groups is 1. The molecular weight excluding hydrogens is 969 g/mol. The van der Waals surface area contributed by atoms with Crippen LogP contribution in [0.5, 0.6) is 0 Å². The smallest absolute Gasteiger partial charge is 0.248 e. The van der Waals surface area contributed by atoms with E-state index in [1.807, 2.05) is 121 Å². The second kappa shape index (κ2) is 27.7. The molecule has 402 valence electrons. The molecule has 0 bridgehead atoms. The van der Waals surface area contributed by atoms with Gasteiger partial charge in [-0.05, 0) is 67.2 Å². The molecule has 8 amide bonds. The summed E-state index contributed by atoms with van der Waals surface area (Å²) >= 11 is 0. The normalized spacial score (nSPS) is 24.8. The Morgan fingerprint density at radius 1 is 0.474 bits per heavy atom. The van der Waals surface area contributed by atoms with Gasteiger partial charge in [0.25, 0.3) is 0 Å². The van der Waals surface area contributed by atoms with E-state index in [0.717, 1.165) is 22.3 Å². The fourth-order valence-electron chi connectivity index (χ4n) is 10.3. The summed E-state index contributed by atoms with van der Waals surface area (Å²) in [5.74, 6) is -3.36. The maximum atomic E-state index is 13.8. The zero-order chi connectivity index (χ0) is 54.0. The molecule has 0 saturated carbocycles. The number of hydrogen-bond acceptors (Lipinski definition) is 10. The van der Waals surface area contributed by atoms with Crippen LogP contribution in [0.2, 0.25) is 0 Å². The number of rotatable bonds is 13. The predicted octanol–water partition coefficient (Wildman–Crippen LogP) is 2.39. The zero-order valence-electron chi connectivity index (χ0n) is 43.0. The zero-order valence-corrected chi connectivity index (χ0v) is 43.0. The van der Waals surface area contributed by atoms with Gasteiger partial charge in [0.1, 0.15) is 42.0 Å². The van der Waals surface area contributed by atoms with E-state index in [-0.39, 0.29) is 73.8 Å². The molecule has 4 aromatic rings. The van der Waals surface area contributed by atoms with Gasteiger partial charge in [-0.2, -0.15) is 0 Å². The van der Waals surface area contributed by atoms with Gasteiger partial charge >= 0.3 is 0 Å². The molecule has 0 aromatic heterocycles. The van der Waals surface area contributed by atoms with Crippen LogP contribution in [0, 0.1) is 0 Å². The highest BCUT2D eigenvalue weighted by atomic mass is 16.3. The van der Waals surface area contributed by atoms with Gasteiger partial charge in [0.05, 0.1) is 6.61 Å². The maximum Gasteiger partial charge on any atom is 0.248 e. The lowest BCUT2D eigenvalue weighted by Gasteiger charge is -2.30. The molecule has 4 heterocycles. The molecule has 8 rings (SSSR count). The topological polar surface area (TPSA) is 253 Å². The summed E-state index contributed by atoms with van der Waals surface area (Å²) in [6.45, 7) is 1.89. The van der Waals surface area contributed by atoms with E-state index >= 15 is 0 Å². The van der Waals surface area contributed by atoms with Gasteiger partial charge in [-0.15, -0.1) is 0 Å². The number of fused-ring (bicyclic) bond motifs is 2. The van der Waals surface area contributed by atoms with Crippen molar-refractivity contribution < 1.29 is 48.3 Å². The Labute approximate surface area is 443 Å². The van der Waals surface area contributed by atoms with Gasteiger partial charge in [-0.3, -0.25) is 43.2 Å². The van der Waals surface area contributed by atoms with Crippen LogP contribution >= 0.6 is 0 Å². The van der Waals surface area contributed by atoms with Crippen LogP contribution in [-0.2, 0) is 68.8 Å². The fourth-order valence-corrected chi connectivity index (χ4v) is 10.3. The number of benzene rings is 4. The average Bonchev–Trinajstić information content (AvgIpc) is 4.13. The predicted molar refractivity (Wildman–Crippen MR) is 282 cm³/mol. The van der Waals surface area contributed by atoms with Crippen LogP contribution in [0.3, 0.4) is 0 Å². The summed E-state index contributed by atoms with van der Waals surface area (Å²) in [7, 11) is 0. The summed E-state index contributed by atoms with van der Waals surface area (Å²) in [5.41, 5.74) is 3.61. The monoisotopic (exact) mass is 1040 g/mol. The lowest BCUT2D eigenvalue weighted by atomic mass is 10.0. The number of carbonyl (C=O) groups excluding carboxylic acids is 9. The summed E-state index contributed by atoms with van der Waals surface area (Å²) in [5, 5.41) is 27.0. The maximum absolute atomic E-state index is 13.8. The van der Waals surface area contributed by atoms with Crippen molar-refractivity contribution in [2.45, 2.75) is 139 Å². The number of aliphatic hydroxyl groups excluding tert-OH is 1. The molecule has 76 heavy (non-hydrogen) atoms. The van der Waals surface area contributed by atoms with Crippen LogP contribution < -0.4 is 31.9 Å². The lowest BCUT2D eigenvalue weighted by molar-refractivity contribution is -0.142. The Morgan fingerprint density at radius 2 is 0.842 bits per heavy atom. The fraction of sp³-hybridized carbons (Fsp3) is 0.431. The van der Waals surface area contributed by atoms with E-state index < -0.39 is 72.7 Å². The largest absolute Gasteiger partial charge is 0.394 e. The van der Waals surface area contributed by atoms with Crippen molar-refractivity contribution in [3.8, 4) is 0 Å². The van der Waals surface area contributed by atoms with Crippen molar-refractivity contribution in [3.05, 3.63) is 144 Å². The second-order valence-corrected chi connectivity index (χ2v) is 19.9. The number of nitrogens with one attached hydrogen (secondary N) is 6. The third-order valence-corrected chi connectivity index (χ3v) is 14.3. The van der Waals surface area contributed by atoms with Gasteiger partial charge in [-0.1, -0.05) is 128 Å². The molecule has 7 N–H and O–H groups in total. The molecule has 18 heteroatoms. The number of Topliss-reactive ketones (excluding diaryl/α,β-unsaturated/α-hetero) is 1. The molecule has 0 spiro atoms. The molecule has 0 aliphatic carbocycles. The van der Waals surface area contributed by atoms with Crippen molar-refractivity contribution in [2.24, 2.45) is 0 Å². The van der Waals surface area contributed by atoms with Crippen molar-refractivity contribution in [3.63, 3.8) is 0 Å². The van der Waals surface area contributed by atoms with Gasteiger partial charge in [0, 0.05) is 63.7 Å². The van der Waals surface area contributed by atoms with Gasteiger partial charge in [0.15, 0.2) is 0 Å². The van der Waals surface area contributed by atoms with E-state index in [4.69, 9.17) is 0 Å². The Hall–Kier alpha value is -7.73. The highest BCUT2D eigenvalue weighted by molar-refractivity contribution is 5.97. The first-order valence-electron chi connectivity index (χ1n) is 26.5. The Morgan fingerprint density at radius 3 is 1.22 bits per heavy atom. The van der Waals surface area contributed by atoms with E-state index in [2.05, 4.69) is 31.9 Å². The summed E-state index contributed by atoms with van der Waals surface area (Å²) in [6, 6.07) is 31.1. The third kappa shape index (κ3) is 15.9. The van der Waals surface area contributed by atoms with Gasteiger partial charge in [-0.25, -0.2) is 0 Å². The molecule has 18 nitrogen and oxygen atoms in total.